The number of ether oxygens (including phenoxy) is 3. The Kier molecular flexibility index (Phi) is 8.78. The minimum Gasteiger partial charge on any atom is -0.509 e. The average Bonchev–Trinajstić information content (AvgIpc) is 2.72. The molecule has 5 N–H and O–H groups in total. The summed E-state index contributed by atoms with van der Waals surface area (Å²) in [6.07, 6.45) is 4.05. The second-order valence-corrected chi connectivity index (χ2v) is 7.42. The molecule has 0 unspecified atom stereocenters. The summed E-state index contributed by atoms with van der Waals surface area (Å²) in [4.78, 5) is 2.31. The highest BCUT2D eigenvalue weighted by Crippen LogP contribution is 2.33. The number of nitrogens with zero attached hydrogens (tertiary/aromatic N) is 1. The van der Waals surface area contributed by atoms with Gasteiger partial charge in [0.25, 0.3) is 0 Å². The summed E-state index contributed by atoms with van der Waals surface area (Å²) in [5.74, 6) is 1.42. The summed E-state index contributed by atoms with van der Waals surface area (Å²) in [5, 5.41) is 17.7. The Labute approximate surface area is 168 Å². The van der Waals surface area contributed by atoms with Crippen molar-refractivity contribution in [3.8, 4) is 0 Å². The molecule has 8 heteroatoms. The lowest BCUT2D eigenvalue weighted by Gasteiger charge is -2.35. The molecule has 160 valence electrons. The fourth-order valence-electron chi connectivity index (χ4n) is 3.39. The number of hydrogen-bond donors (Lipinski definition) is 4. The molecule has 1 heterocycles. The second kappa shape index (κ2) is 10.8. The van der Waals surface area contributed by atoms with Crippen molar-refractivity contribution in [3.05, 3.63) is 35.0 Å². The number of aliphatic hydroxyl groups is 1. The minimum atomic E-state index is -0.652. The average molecular weight is 397 g/mol. The second-order valence-electron chi connectivity index (χ2n) is 7.42. The lowest BCUT2D eigenvalue weighted by molar-refractivity contribution is 0.0314. The highest BCUT2D eigenvalue weighted by Gasteiger charge is 2.33. The molecular formula is C20H36N4O4. The van der Waals surface area contributed by atoms with Crippen molar-refractivity contribution in [2.24, 2.45) is 5.73 Å². The van der Waals surface area contributed by atoms with Gasteiger partial charge in [0, 0.05) is 39.3 Å². The first-order chi connectivity index (χ1) is 13.4. The van der Waals surface area contributed by atoms with E-state index >= 15 is 0 Å². The van der Waals surface area contributed by atoms with Gasteiger partial charge in [0.05, 0.1) is 44.6 Å². The van der Waals surface area contributed by atoms with E-state index in [1.807, 2.05) is 26.0 Å². The van der Waals surface area contributed by atoms with E-state index in [1.54, 1.807) is 14.2 Å². The molecule has 0 spiro atoms. The first kappa shape index (κ1) is 22.7. The van der Waals surface area contributed by atoms with Crippen molar-refractivity contribution >= 4 is 0 Å². The van der Waals surface area contributed by atoms with Gasteiger partial charge in [-0.1, -0.05) is 0 Å². The SMILES string of the molecule is COC1=CC(N2CCOCC2)C=C(OC)C1=C(O)C(C)(C)NCCNCCN. The Morgan fingerprint density at radius 2 is 1.79 bits per heavy atom. The molecule has 0 bridgehead atoms. The van der Waals surface area contributed by atoms with Crippen LogP contribution in [0.3, 0.4) is 0 Å². The van der Waals surface area contributed by atoms with Crippen molar-refractivity contribution < 1.29 is 19.3 Å². The van der Waals surface area contributed by atoms with Crippen LogP contribution in [0.1, 0.15) is 13.8 Å². The number of nitrogens with one attached hydrogen (secondary N) is 2. The number of aliphatic hydroxyl groups excluding tert-OH is 1. The molecule has 1 aliphatic carbocycles. The monoisotopic (exact) mass is 396 g/mol. The van der Waals surface area contributed by atoms with Crippen molar-refractivity contribution in [2.45, 2.75) is 25.4 Å². The summed E-state index contributed by atoms with van der Waals surface area (Å²) in [7, 11) is 3.23. The molecule has 2 rings (SSSR count). The van der Waals surface area contributed by atoms with Crippen LogP contribution in [0, 0.1) is 0 Å². The van der Waals surface area contributed by atoms with Crippen LogP contribution in [-0.4, -0.2) is 88.3 Å². The van der Waals surface area contributed by atoms with E-state index in [4.69, 9.17) is 19.9 Å². The topological polar surface area (TPSA) is 101 Å². The van der Waals surface area contributed by atoms with Crippen molar-refractivity contribution in [1.82, 2.24) is 15.5 Å². The van der Waals surface area contributed by atoms with Gasteiger partial charge in [-0.3, -0.25) is 4.90 Å². The van der Waals surface area contributed by atoms with Crippen LogP contribution in [0.5, 0.6) is 0 Å². The van der Waals surface area contributed by atoms with Gasteiger partial charge in [-0.05, 0) is 26.0 Å². The molecule has 0 saturated carbocycles. The standard InChI is InChI=1S/C20H36N4O4/c1-20(2,23-8-7-22-6-5-21)19(25)18-16(26-3)13-15(14-17(18)27-4)24-9-11-28-12-10-24/h13-15,22-23,25H,5-12,21H2,1-4H3. The van der Waals surface area contributed by atoms with E-state index in [1.165, 1.54) is 0 Å². The van der Waals surface area contributed by atoms with Crippen LogP contribution in [0.25, 0.3) is 0 Å². The molecule has 0 aromatic carbocycles. The van der Waals surface area contributed by atoms with Gasteiger partial charge in [0.2, 0.25) is 0 Å². The van der Waals surface area contributed by atoms with Crippen LogP contribution < -0.4 is 16.4 Å². The van der Waals surface area contributed by atoms with Crippen LogP contribution in [0.2, 0.25) is 0 Å². The summed E-state index contributed by atoms with van der Waals surface area (Å²) in [6.45, 7) is 9.83. The molecule has 0 radical (unpaired) electrons. The highest BCUT2D eigenvalue weighted by atomic mass is 16.5. The Morgan fingerprint density at radius 3 is 2.32 bits per heavy atom. The molecular weight excluding hydrogens is 360 g/mol. The molecule has 28 heavy (non-hydrogen) atoms. The maximum absolute atomic E-state index is 11.1. The molecule has 8 nitrogen and oxygen atoms in total. The van der Waals surface area contributed by atoms with Crippen LogP contribution in [-0.2, 0) is 14.2 Å². The zero-order valence-corrected chi connectivity index (χ0v) is 17.6. The first-order valence-corrected chi connectivity index (χ1v) is 9.88. The molecule has 1 aliphatic heterocycles. The predicted molar refractivity (Wildman–Crippen MR) is 110 cm³/mol. The quantitative estimate of drug-likeness (QED) is 0.313. The summed E-state index contributed by atoms with van der Waals surface area (Å²) >= 11 is 0. The number of hydrogen-bond acceptors (Lipinski definition) is 8. The van der Waals surface area contributed by atoms with Crippen molar-refractivity contribution in [1.29, 1.82) is 0 Å². The molecule has 0 atom stereocenters. The maximum atomic E-state index is 11.1. The van der Waals surface area contributed by atoms with E-state index in [-0.39, 0.29) is 11.8 Å². The Balaban J connectivity index is 2.21. The third kappa shape index (κ3) is 5.71. The van der Waals surface area contributed by atoms with E-state index in [0.29, 0.717) is 43.4 Å². The van der Waals surface area contributed by atoms with Crippen molar-refractivity contribution in [3.63, 3.8) is 0 Å². The zero-order valence-electron chi connectivity index (χ0n) is 17.6. The van der Waals surface area contributed by atoms with Crippen LogP contribution in [0.4, 0.5) is 0 Å². The summed E-state index contributed by atoms with van der Waals surface area (Å²) < 4.78 is 16.7. The van der Waals surface area contributed by atoms with Gasteiger partial charge in [-0.15, -0.1) is 0 Å². The molecule has 0 aromatic rings. The fraction of sp³-hybridized carbons (Fsp3) is 0.700. The number of morpholine rings is 1. The number of methoxy groups -OCH3 is 2. The normalized spacial score (nSPS) is 21.2. The number of rotatable bonds is 10. The minimum absolute atomic E-state index is 0.0434. The Morgan fingerprint density at radius 1 is 1.18 bits per heavy atom. The van der Waals surface area contributed by atoms with E-state index in [2.05, 4.69) is 15.5 Å². The molecule has 1 saturated heterocycles. The Bertz CT molecular complexity index is 571. The third-order valence-corrected chi connectivity index (χ3v) is 5.06. The van der Waals surface area contributed by atoms with Gasteiger partial charge >= 0.3 is 0 Å². The zero-order chi connectivity index (χ0) is 20.6. The molecule has 0 aromatic heterocycles. The van der Waals surface area contributed by atoms with Gasteiger partial charge < -0.3 is 35.7 Å². The van der Waals surface area contributed by atoms with E-state index in [9.17, 15) is 5.11 Å². The van der Waals surface area contributed by atoms with Gasteiger partial charge in [-0.2, -0.15) is 0 Å². The molecule has 1 fully saturated rings. The summed E-state index contributed by atoms with van der Waals surface area (Å²) in [5.41, 5.74) is 5.42. The van der Waals surface area contributed by atoms with E-state index < -0.39 is 5.54 Å². The lowest BCUT2D eigenvalue weighted by atomic mass is 9.92. The Hall–Kier alpha value is -1.58. The van der Waals surface area contributed by atoms with Gasteiger partial charge in [-0.25, -0.2) is 0 Å². The van der Waals surface area contributed by atoms with Crippen LogP contribution in [0.15, 0.2) is 35.0 Å². The summed E-state index contributed by atoms with van der Waals surface area (Å²) in [6, 6.07) is 0.0434. The molecule has 2 aliphatic rings. The smallest absolute Gasteiger partial charge is 0.131 e. The van der Waals surface area contributed by atoms with Crippen molar-refractivity contribution in [2.75, 3.05) is 66.7 Å². The lowest BCUT2D eigenvalue weighted by Crippen LogP contribution is -2.46. The largest absolute Gasteiger partial charge is 0.509 e. The predicted octanol–water partition coefficient (Wildman–Crippen LogP) is 0.490. The third-order valence-electron chi connectivity index (χ3n) is 5.06. The van der Waals surface area contributed by atoms with Crippen LogP contribution >= 0.6 is 0 Å². The van der Waals surface area contributed by atoms with E-state index in [0.717, 1.165) is 26.2 Å². The van der Waals surface area contributed by atoms with Gasteiger partial charge in [0.15, 0.2) is 0 Å². The highest BCUT2D eigenvalue weighted by molar-refractivity contribution is 5.50. The molecule has 0 amide bonds. The van der Waals surface area contributed by atoms with Gasteiger partial charge in [0.1, 0.15) is 17.3 Å². The number of nitrogens with two attached hydrogens (primary N) is 1. The maximum Gasteiger partial charge on any atom is 0.131 e. The fourth-order valence-corrected chi connectivity index (χ4v) is 3.39. The first-order valence-electron chi connectivity index (χ1n) is 9.88.